The van der Waals surface area contributed by atoms with Gasteiger partial charge in [0.2, 0.25) is 5.95 Å². The molecular weight excluding hydrogens is 144 g/mol. The molecular formula is C6H10N4O. The van der Waals surface area contributed by atoms with E-state index in [9.17, 15) is 0 Å². The second-order valence-electron chi connectivity index (χ2n) is 2.13. The minimum atomic E-state index is -0.0992. The van der Waals surface area contributed by atoms with Crippen LogP contribution in [0, 0.1) is 6.92 Å². The molecule has 0 saturated carbocycles. The molecule has 0 aliphatic heterocycles. The minimum absolute atomic E-state index is 0.0992. The normalized spacial score (nSPS) is 9.73. The van der Waals surface area contributed by atoms with Crippen molar-refractivity contribution in [3.05, 3.63) is 17.5 Å². The van der Waals surface area contributed by atoms with Crippen molar-refractivity contribution in [3.63, 3.8) is 0 Å². The van der Waals surface area contributed by atoms with E-state index in [1.165, 1.54) is 0 Å². The van der Waals surface area contributed by atoms with Gasteiger partial charge >= 0.3 is 0 Å². The highest BCUT2D eigenvalue weighted by atomic mass is 16.3. The SMILES string of the molecule is Cc1cc(CO)nc(NN)n1. The number of nitrogens with one attached hydrogen (secondary N) is 1. The summed E-state index contributed by atoms with van der Waals surface area (Å²) in [6.07, 6.45) is 0. The highest BCUT2D eigenvalue weighted by Crippen LogP contribution is 2.02. The van der Waals surface area contributed by atoms with Crippen molar-refractivity contribution in [2.75, 3.05) is 5.43 Å². The molecule has 0 amide bonds. The third-order valence-electron chi connectivity index (χ3n) is 1.20. The fourth-order valence-corrected chi connectivity index (χ4v) is 0.779. The molecule has 0 aliphatic carbocycles. The molecule has 5 nitrogen and oxygen atoms in total. The maximum Gasteiger partial charge on any atom is 0.237 e. The van der Waals surface area contributed by atoms with Crippen LogP contribution >= 0.6 is 0 Å². The lowest BCUT2D eigenvalue weighted by Crippen LogP contribution is -2.12. The second-order valence-corrected chi connectivity index (χ2v) is 2.13. The Morgan fingerprint density at radius 3 is 2.91 bits per heavy atom. The van der Waals surface area contributed by atoms with Gasteiger partial charge < -0.3 is 5.11 Å². The number of aliphatic hydroxyl groups is 1. The Morgan fingerprint density at radius 1 is 1.64 bits per heavy atom. The van der Waals surface area contributed by atoms with Gasteiger partial charge in [0.15, 0.2) is 0 Å². The molecule has 1 rings (SSSR count). The van der Waals surface area contributed by atoms with Gasteiger partial charge in [-0.05, 0) is 13.0 Å². The fraction of sp³-hybridized carbons (Fsp3) is 0.333. The zero-order chi connectivity index (χ0) is 8.27. The number of rotatable bonds is 2. The largest absolute Gasteiger partial charge is 0.390 e. The number of aromatic nitrogens is 2. The van der Waals surface area contributed by atoms with Gasteiger partial charge in [0.25, 0.3) is 0 Å². The van der Waals surface area contributed by atoms with Crippen molar-refractivity contribution in [2.45, 2.75) is 13.5 Å². The van der Waals surface area contributed by atoms with E-state index >= 15 is 0 Å². The smallest absolute Gasteiger partial charge is 0.237 e. The van der Waals surface area contributed by atoms with Crippen molar-refractivity contribution in [2.24, 2.45) is 5.84 Å². The van der Waals surface area contributed by atoms with Gasteiger partial charge in [0, 0.05) is 5.69 Å². The van der Waals surface area contributed by atoms with E-state index in [0.717, 1.165) is 5.69 Å². The summed E-state index contributed by atoms with van der Waals surface area (Å²) in [6.45, 7) is 1.71. The second kappa shape index (κ2) is 3.27. The zero-order valence-electron chi connectivity index (χ0n) is 6.20. The van der Waals surface area contributed by atoms with Crippen molar-refractivity contribution in [1.29, 1.82) is 0 Å². The van der Waals surface area contributed by atoms with Crippen LogP contribution in [0.15, 0.2) is 6.07 Å². The van der Waals surface area contributed by atoms with Gasteiger partial charge in [-0.25, -0.2) is 15.8 Å². The molecule has 0 radical (unpaired) electrons. The van der Waals surface area contributed by atoms with Crippen LogP contribution in [0.1, 0.15) is 11.4 Å². The molecule has 1 aromatic heterocycles. The van der Waals surface area contributed by atoms with Crippen molar-refractivity contribution < 1.29 is 5.11 Å². The van der Waals surface area contributed by atoms with E-state index < -0.39 is 0 Å². The Labute approximate surface area is 64.3 Å². The summed E-state index contributed by atoms with van der Waals surface area (Å²) in [6, 6.07) is 1.70. The predicted molar refractivity (Wildman–Crippen MR) is 40.5 cm³/mol. The molecule has 11 heavy (non-hydrogen) atoms. The Kier molecular flexibility index (Phi) is 2.35. The molecule has 0 aliphatic rings. The van der Waals surface area contributed by atoms with Crippen molar-refractivity contribution in [1.82, 2.24) is 9.97 Å². The number of hydrazine groups is 1. The monoisotopic (exact) mass is 154 g/mol. The first kappa shape index (κ1) is 7.90. The van der Waals surface area contributed by atoms with Crippen molar-refractivity contribution in [3.8, 4) is 0 Å². The third kappa shape index (κ3) is 1.86. The number of hydrogen-bond acceptors (Lipinski definition) is 5. The molecule has 0 unspecified atom stereocenters. The van der Waals surface area contributed by atoms with E-state index in [-0.39, 0.29) is 6.61 Å². The quantitative estimate of drug-likeness (QED) is 0.397. The van der Waals surface area contributed by atoms with E-state index in [1.807, 2.05) is 6.92 Å². The van der Waals surface area contributed by atoms with Gasteiger partial charge in [-0.1, -0.05) is 0 Å². The third-order valence-corrected chi connectivity index (χ3v) is 1.20. The first-order chi connectivity index (χ1) is 5.26. The summed E-state index contributed by atoms with van der Waals surface area (Å²) in [5.41, 5.74) is 3.64. The van der Waals surface area contributed by atoms with Gasteiger partial charge in [-0.15, -0.1) is 0 Å². The van der Waals surface area contributed by atoms with E-state index in [1.54, 1.807) is 6.07 Å². The van der Waals surface area contributed by atoms with Crippen LogP contribution in [0.3, 0.4) is 0 Å². The van der Waals surface area contributed by atoms with Crippen LogP contribution in [-0.2, 0) is 6.61 Å². The molecule has 4 N–H and O–H groups in total. The molecule has 60 valence electrons. The lowest BCUT2D eigenvalue weighted by Gasteiger charge is -2.01. The van der Waals surface area contributed by atoms with Gasteiger partial charge in [0.1, 0.15) is 0 Å². The van der Waals surface area contributed by atoms with Crippen LogP contribution in [0.5, 0.6) is 0 Å². The number of nitrogens with zero attached hydrogens (tertiary/aromatic N) is 2. The number of aliphatic hydroxyl groups excluding tert-OH is 1. The predicted octanol–water partition coefficient (Wildman–Crippen LogP) is -0.437. The number of hydrogen-bond donors (Lipinski definition) is 3. The maximum atomic E-state index is 8.72. The molecule has 0 fully saturated rings. The van der Waals surface area contributed by atoms with Crippen LogP contribution in [0.2, 0.25) is 0 Å². The molecule has 1 aromatic rings. The summed E-state index contributed by atoms with van der Waals surface area (Å²) in [5.74, 6) is 5.41. The number of nitrogen functional groups attached to an aromatic ring is 1. The summed E-state index contributed by atoms with van der Waals surface area (Å²) in [5, 5.41) is 8.72. The number of nitrogens with two attached hydrogens (primary N) is 1. The summed E-state index contributed by atoms with van der Waals surface area (Å²) in [7, 11) is 0. The molecule has 0 saturated heterocycles. The molecule has 1 heterocycles. The standard InChI is InChI=1S/C6H10N4O/c1-4-2-5(3-11)9-6(8-4)10-7/h2,11H,3,7H2,1H3,(H,8,9,10). The number of anilines is 1. The minimum Gasteiger partial charge on any atom is -0.390 e. The molecule has 0 bridgehead atoms. The summed E-state index contributed by atoms with van der Waals surface area (Å²) >= 11 is 0. The Bertz CT molecular complexity index is 228. The number of aryl methyl sites for hydroxylation is 1. The maximum absolute atomic E-state index is 8.72. The van der Waals surface area contributed by atoms with Gasteiger partial charge in [0.05, 0.1) is 12.3 Å². The zero-order valence-corrected chi connectivity index (χ0v) is 6.20. The first-order valence-electron chi connectivity index (χ1n) is 3.18. The van der Waals surface area contributed by atoms with Crippen LogP contribution < -0.4 is 11.3 Å². The summed E-state index contributed by atoms with van der Waals surface area (Å²) in [4.78, 5) is 7.82. The fourth-order valence-electron chi connectivity index (χ4n) is 0.779. The topological polar surface area (TPSA) is 84.1 Å². The molecule has 0 spiro atoms. The lowest BCUT2D eigenvalue weighted by atomic mass is 10.3. The highest BCUT2D eigenvalue weighted by molar-refractivity contribution is 5.25. The average Bonchev–Trinajstić information content (AvgIpc) is 2.03. The van der Waals surface area contributed by atoms with Gasteiger partial charge in [-0.3, -0.25) is 5.43 Å². The average molecular weight is 154 g/mol. The van der Waals surface area contributed by atoms with Crippen LogP contribution in [0.25, 0.3) is 0 Å². The molecule has 0 aromatic carbocycles. The van der Waals surface area contributed by atoms with Crippen molar-refractivity contribution >= 4 is 5.95 Å². The van der Waals surface area contributed by atoms with Crippen LogP contribution in [0.4, 0.5) is 5.95 Å². The van der Waals surface area contributed by atoms with Gasteiger partial charge in [-0.2, -0.15) is 0 Å². The summed E-state index contributed by atoms with van der Waals surface area (Å²) < 4.78 is 0. The Morgan fingerprint density at radius 2 is 2.36 bits per heavy atom. The molecule has 0 atom stereocenters. The lowest BCUT2D eigenvalue weighted by molar-refractivity contribution is 0.276. The van der Waals surface area contributed by atoms with E-state index in [4.69, 9.17) is 10.9 Å². The Balaban J connectivity index is 3.02. The van der Waals surface area contributed by atoms with Crippen LogP contribution in [-0.4, -0.2) is 15.1 Å². The molecule has 5 heteroatoms. The van der Waals surface area contributed by atoms with E-state index in [0.29, 0.717) is 11.6 Å². The first-order valence-corrected chi connectivity index (χ1v) is 3.18. The highest BCUT2D eigenvalue weighted by Gasteiger charge is 1.97. The Hall–Kier alpha value is -1.20. The van der Waals surface area contributed by atoms with E-state index in [2.05, 4.69) is 15.4 Å².